The van der Waals surface area contributed by atoms with Gasteiger partial charge in [-0.25, -0.2) is 8.42 Å². The molecule has 0 unspecified atom stereocenters. The van der Waals surface area contributed by atoms with E-state index < -0.39 is 16.1 Å². The molecule has 0 aliphatic heterocycles. The summed E-state index contributed by atoms with van der Waals surface area (Å²) in [6, 6.07) is 23.1. The van der Waals surface area contributed by atoms with Gasteiger partial charge in [-0.2, -0.15) is 0 Å². The fourth-order valence-electron chi connectivity index (χ4n) is 3.01. The van der Waals surface area contributed by atoms with Gasteiger partial charge < -0.3 is 4.74 Å². The number of rotatable bonds is 6. The lowest BCUT2D eigenvalue weighted by Crippen LogP contribution is -2.33. The van der Waals surface area contributed by atoms with Crippen LogP contribution in [0, 0.1) is 6.92 Å². The molecule has 0 fully saturated rings. The second kappa shape index (κ2) is 7.84. The number of hydrogen-bond donors (Lipinski definition) is 0. The largest absolute Gasteiger partial charge is 0.497 e. The molecule has 3 aromatic carbocycles. The molecule has 3 rings (SSSR count). The summed E-state index contributed by atoms with van der Waals surface area (Å²) in [5.74, 6) is 0.695. The zero-order valence-electron chi connectivity index (χ0n) is 15.7. The van der Waals surface area contributed by atoms with Crippen LogP contribution in [-0.4, -0.2) is 15.5 Å². The molecule has 0 aliphatic rings. The fraction of sp³-hybridized carbons (Fsp3) is 0.182. The summed E-state index contributed by atoms with van der Waals surface area (Å²) in [6.07, 6.45) is 0. The van der Waals surface area contributed by atoms with Crippen LogP contribution in [0.3, 0.4) is 0 Å². The summed E-state index contributed by atoms with van der Waals surface area (Å²) in [4.78, 5) is 0.264. The molecule has 27 heavy (non-hydrogen) atoms. The summed E-state index contributed by atoms with van der Waals surface area (Å²) in [5.41, 5.74) is 2.55. The number of sulfonamides is 1. The Balaban J connectivity index is 2.14. The Labute approximate surface area is 161 Å². The van der Waals surface area contributed by atoms with Crippen molar-refractivity contribution in [2.75, 3.05) is 11.4 Å². The van der Waals surface area contributed by atoms with Gasteiger partial charge in [-0.3, -0.25) is 4.31 Å². The molecule has 0 aliphatic carbocycles. The maximum absolute atomic E-state index is 13.5. The first kappa shape index (κ1) is 19.0. The van der Waals surface area contributed by atoms with Gasteiger partial charge in [0.05, 0.1) is 23.7 Å². The van der Waals surface area contributed by atoms with Crippen LogP contribution in [0.15, 0.2) is 83.8 Å². The smallest absolute Gasteiger partial charge is 0.264 e. The molecule has 0 radical (unpaired) electrons. The molecule has 0 aromatic heterocycles. The molecule has 0 N–H and O–H groups in total. The van der Waals surface area contributed by atoms with Crippen LogP contribution in [0.2, 0.25) is 0 Å². The summed E-state index contributed by atoms with van der Waals surface area (Å²) < 4.78 is 33.7. The molecule has 0 saturated carbocycles. The van der Waals surface area contributed by atoms with Crippen molar-refractivity contribution < 1.29 is 13.2 Å². The van der Waals surface area contributed by atoms with Crippen molar-refractivity contribution in [2.24, 2.45) is 0 Å². The molecule has 3 aromatic rings. The van der Waals surface area contributed by atoms with E-state index in [0.29, 0.717) is 11.4 Å². The molecular formula is C22H23NO3S. The molecule has 5 heteroatoms. The van der Waals surface area contributed by atoms with E-state index in [-0.39, 0.29) is 4.90 Å². The van der Waals surface area contributed by atoms with Crippen molar-refractivity contribution in [1.82, 2.24) is 0 Å². The summed E-state index contributed by atoms with van der Waals surface area (Å²) >= 11 is 0. The van der Waals surface area contributed by atoms with Gasteiger partial charge in [0.1, 0.15) is 5.75 Å². The van der Waals surface area contributed by atoms with Crippen molar-refractivity contribution in [3.8, 4) is 5.75 Å². The molecule has 0 heterocycles. The van der Waals surface area contributed by atoms with E-state index in [0.717, 1.165) is 11.1 Å². The quantitative estimate of drug-likeness (QED) is 0.606. The van der Waals surface area contributed by atoms with Crippen molar-refractivity contribution in [3.63, 3.8) is 0 Å². The Hall–Kier alpha value is -2.79. The minimum absolute atomic E-state index is 0.264. The van der Waals surface area contributed by atoms with Gasteiger partial charge in [0.15, 0.2) is 0 Å². The van der Waals surface area contributed by atoms with Crippen LogP contribution in [0.1, 0.15) is 24.1 Å². The van der Waals surface area contributed by atoms with Crippen molar-refractivity contribution in [3.05, 3.63) is 90.0 Å². The molecule has 4 nitrogen and oxygen atoms in total. The van der Waals surface area contributed by atoms with Crippen molar-refractivity contribution >= 4 is 15.7 Å². The molecular weight excluding hydrogens is 358 g/mol. The lowest BCUT2D eigenvalue weighted by Gasteiger charge is -2.31. The van der Waals surface area contributed by atoms with Gasteiger partial charge >= 0.3 is 0 Å². The van der Waals surface area contributed by atoms with Crippen LogP contribution < -0.4 is 9.04 Å². The van der Waals surface area contributed by atoms with Crippen LogP contribution in [0.4, 0.5) is 5.69 Å². The standard InChI is InChI=1S/C22H23NO3S/c1-17-12-14-20(15-13-17)23(27(24,25)22-10-5-4-6-11-22)18(2)19-8-7-9-21(16-19)26-3/h4-16,18H,1-3H3/t18-/m1/s1. The van der Waals surface area contributed by atoms with Crippen LogP contribution in [0.25, 0.3) is 0 Å². The number of hydrogen-bond acceptors (Lipinski definition) is 3. The average molecular weight is 381 g/mol. The van der Waals surface area contributed by atoms with E-state index in [9.17, 15) is 8.42 Å². The Bertz CT molecular complexity index is 999. The lowest BCUT2D eigenvalue weighted by molar-refractivity contribution is 0.414. The van der Waals surface area contributed by atoms with E-state index in [4.69, 9.17) is 4.74 Å². The SMILES string of the molecule is COc1cccc([C@@H](C)N(c2ccc(C)cc2)S(=O)(=O)c2ccccc2)c1. The van der Waals surface area contributed by atoms with Gasteiger partial charge in [-0.15, -0.1) is 0 Å². The highest BCUT2D eigenvalue weighted by Gasteiger charge is 2.30. The second-order valence-electron chi connectivity index (χ2n) is 6.40. The maximum Gasteiger partial charge on any atom is 0.264 e. The first-order valence-corrected chi connectivity index (χ1v) is 10.2. The van der Waals surface area contributed by atoms with Gasteiger partial charge in [-0.1, -0.05) is 48.0 Å². The van der Waals surface area contributed by atoms with Crippen LogP contribution >= 0.6 is 0 Å². The second-order valence-corrected chi connectivity index (χ2v) is 8.22. The Morgan fingerprint density at radius 3 is 2.19 bits per heavy atom. The van der Waals surface area contributed by atoms with E-state index in [1.165, 1.54) is 4.31 Å². The highest BCUT2D eigenvalue weighted by Crippen LogP contribution is 2.34. The maximum atomic E-state index is 13.5. The topological polar surface area (TPSA) is 46.6 Å². The molecule has 0 amide bonds. The highest BCUT2D eigenvalue weighted by molar-refractivity contribution is 7.92. The zero-order valence-corrected chi connectivity index (χ0v) is 16.5. The van der Waals surface area contributed by atoms with E-state index in [1.54, 1.807) is 37.4 Å². The number of nitrogens with zero attached hydrogens (tertiary/aromatic N) is 1. The van der Waals surface area contributed by atoms with E-state index >= 15 is 0 Å². The Morgan fingerprint density at radius 1 is 0.889 bits per heavy atom. The number of aryl methyl sites for hydroxylation is 1. The molecule has 0 saturated heterocycles. The van der Waals surface area contributed by atoms with Crippen molar-refractivity contribution in [1.29, 1.82) is 0 Å². The Kier molecular flexibility index (Phi) is 5.51. The number of benzene rings is 3. The van der Waals surface area contributed by atoms with Gasteiger partial charge in [0.2, 0.25) is 0 Å². The number of ether oxygens (including phenoxy) is 1. The zero-order chi connectivity index (χ0) is 19.4. The van der Waals surface area contributed by atoms with Crippen LogP contribution in [0.5, 0.6) is 5.75 Å². The predicted octanol–water partition coefficient (Wildman–Crippen LogP) is 4.96. The van der Waals surface area contributed by atoms with Gasteiger partial charge in [0.25, 0.3) is 10.0 Å². The average Bonchev–Trinajstić information content (AvgIpc) is 2.70. The fourth-order valence-corrected chi connectivity index (χ4v) is 4.67. The number of anilines is 1. The third-order valence-corrected chi connectivity index (χ3v) is 6.43. The first-order chi connectivity index (χ1) is 12.9. The summed E-state index contributed by atoms with van der Waals surface area (Å²) in [7, 11) is -2.14. The first-order valence-electron chi connectivity index (χ1n) is 8.73. The molecule has 140 valence electrons. The minimum Gasteiger partial charge on any atom is -0.497 e. The van der Waals surface area contributed by atoms with Gasteiger partial charge in [0, 0.05) is 0 Å². The molecule has 1 atom stereocenters. The third kappa shape index (κ3) is 3.98. The Morgan fingerprint density at radius 2 is 1.56 bits per heavy atom. The van der Waals surface area contributed by atoms with Crippen LogP contribution in [-0.2, 0) is 10.0 Å². The minimum atomic E-state index is -3.74. The monoisotopic (exact) mass is 381 g/mol. The summed E-state index contributed by atoms with van der Waals surface area (Å²) in [6.45, 7) is 3.86. The van der Waals surface area contributed by atoms with E-state index in [2.05, 4.69) is 0 Å². The van der Waals surface area contributed by atoms with Gasteiger partial charge in [-0.05, 0) is 55.8 Å². The molecule has 0 bridgehead atoms. The lowest BCUT2D eigenvalue weighted by atomic mass is 10.1. The highest BCUT2D eigenvalue weighted by atomic mass is 32.2. The normalized spacial score (nSPS) is 12.4. The number of methoxy groups -OCH3 is 1. The van der Waals surface area contributed by atoms with Crippen molar-refractivity contribution in [2.45, 2.75) is 24.8 Å². The third-order valence-electron chi connectivity index (χ3n) is 4.52. The molecule has 0 spiro atoms. The predicted molar refractivity (Wildman–Crippen MR) is 109 cm³/mol. The summed E-state index contributed by atoms with van der Waals surface area (Å²) in [5, 5.41) is 0. The van der Waals surface area contributed by atoms with E-state index in [1.807, 2.05) is 62.4 Å².